The largest absolute Gasteiger partial charge is 0.414 e. The zero-order valence-corrected chi connectivity index (χ0v) is 12.7. The molecule has 1 saturated heterocycles. The summed E-state index contributed by atoms with van der Waals surface area (Å²) >= 11 is 1.52. The highest BCUT2D eigenvalue weighted by Gasteiger charge is 2.35. The van der Waals surface area contributed by atoms with Crippen LogP contribution in [-0.4, -0.2) is 26.8 Å². The van der Waals surface area contributed by atoms with Crippen molar-refractivity contribution < 1.29 is 9.21 Å². The van der Waals surface area contributed by atoms with Gasteiger partial charge in [0.1, 0.15) is 6.04 Å². The van der Waals surface area contributed by atoms with Gasteiger partial charge < -0.3 is 9.32 Å². The van der Waals surface area contributed by atoms with Crippen molar-refractivity contribution in [1.29, 1.82) is 0 Å². The van der Waals surface area contributed by atoms with Crippen molar-refractivity contribution in [3.05, 3.63) is 41.8 Å². The topological polar surface area (TPSA) is 59.2 Å². The van der Waals surface area contributed by atoms with Crippen LogP contribution in [0.4, 0.5) is 0 Å². The predicted octanol–water partition coefficient (Wildman–Crippen LogP) is 3.05. The number of carbonyl (C=O) groups excluding carboxylic acids is 1. The summed E-state index contributed by atoms with van der Waals surface area (Å²) in [5.41, 5.74) is 1.11. The second-order valence-electron chi connectivity index (χ2n) is 4.90. The number of likely N-dealkylation sites (tertiary alicyclic amines) is 1. The number of nitrogens with zero attached hydrogens (tertiary/aromatic N) is 3. The van der Waals surface area contributed by atoms with E-state index in [2.05, 4.69) is 10.2 Å². The number of aromatic nitrogens is 2. The second kappa shape index (κ2) is 6.30. The van der Waals surface area contributed by atoms with Gasteiger partial charge in [-0.25, -0.2) is 0 Å². The van der Waals surface area contributed by atoms with E-state index in [1.165, 1.54) is 11.8 Å². The van der Waals surface area contributed by atoms with Crippen LogP contribution in [-0.2, 0) is 11.3 Å². The van der Waals surface area contributed by atoms with E-state index in [-0.39, 0.29) is 11.9 Å². The Labute approximate surface area is 127 Å². The standard InChI is InChI=1S/C15H17N3O2S/c1-2-21-15-17-16-14(20-15)12-8-9-13(19)18(12)10-11-6-4-3-5-7-11/h3-7,12H,2,8-10H2,1H3/t12-/m1/s1. The molecule has 6 heteroatoms. The Morgan fingerprint density at radius 1 is 1.33 bits per heavy atom. The fraction of sp³-hybridized carbons (Fsp3) is 0.400. The van der Waals surface area contributed by atoms with Gasteiger partial charge >= 0.3 is 0 Å². The third-order valence-corrected chi connectivity index (χ3v) is 4.20. The van der Waals surface area contributed by atoms with Crippen molar-refractivity contribution in [2.75, 3.05) is 5.75 Å². The lowest BCUT2D eigenvalue weighted by Crippen LogP contribution is -2.27. The summed E-state index contributed by atoms with van der Waals surface area (Å²) in [5, 5.41) is 8.71. The normalized spacial score (nSPS) is 18.4. The first kappa shape index (κ1) is 14.1. The van der Waals surface area contributed by atoms with Gasteiger partial charge in [-0.3, -0.25) is 4.79 Å². The van der Waals surface area contributed by atoms with Crippen LogP contribution < -0.4 is 0 Å². The molecule has 0 N–H and O–H groups in total. The zero-order valence-electron chi connectivity index (χ0n) is 11.9. The van der Waals surface area contributed by atoms with Gasteiger partial charge in [0.05, 0.1) is 0 Å². The molecule has 1 amide bonds. The minimum atomic E-state index is -0.101. The van der Waals surface area contributed by atoms with Gasteiger partial charge in [-0.2, -0.15) is 0 Å². The van der Waals surface area contributed by atoms with Gasteiger partial charge in [0, 0.05) is 13.0 Å². The molecule has 5 nitrogen and oxygen atoms in total. The number of benzene rings is 1. The molecule has 0 aliphatic carbocycles. The molecule has 1 aromatic heterocycles. The third kappa shape index (κ3) is 3.10. The van der Waals surface area contributed by atoms with Crippen molar-refractivity contribution in [1.82, 2.24) is 15.1 Å². The monoisotopic (exact) mass is 303 g/mol. The lowest BCUT2D eigenvalue weighted by Gasteiger charge is -2.22. The summed E-state index contributed by atoms with van der Waals surface area (Å²) in [7, 11) is 0. The van der Waals surface area contributed by atoms with Crippen molar-refractivity contribution in [2.24, 2.45) is 0 Å². The number of carbonyl (C=O) groups is 1. The van der Waals surface area contributed by atoms with E-state index in [9.17, 15) is 4.79 Å². The third-order valence-electron chi connectivity index (χ3n) is 3.50. The first-order valence-electron chi connectivity index (χ1n) is 7.07. The number of thioether (sulfide) groups is 1. The quantitative estimate of drug-likeness (QED) is 0.795. The van der Waals surface area contributed by atoms with Gasteiger partial charge in [0.25, 0.3) is 5.22 Å². The fourth-order valence-electron chi connectivity index (χ4n) is 2.51. The van der Waals surface area contributed by atoms with E-state index in [4.69, 9.17) is 4.42 Å². The minimum Gasteiger partial charge on any atom is -0.414 e. The summed E-state index contributed by atoms with van der Waals surface area (Å²) in [5.74, 6) is 1.58. The molecule has 2 heterocycles. The molecule has 0 saturated carbocycles. The highest BCUT2D eigenvalue weighted by Crippen LogP contribution is 2.34. The van der Waals surface area contributed by atoms with Crippen molar-refractivity contribution in [3.63, 3.8) is 0 Å². The molecular formula is C15H17N3O2S. The Balaban J connectivity index is 1.78. The van der Waals surface area contributed by atoms with Crippen molar-refractivity contribution in [3.8, 4) is 0 Å². The molecule has 0 spiro atoms. The van der Waals surface area contributed by atoms with Crippen LogP contribution in [0.5, 0.6) is 0 Å². The summed E-state index contributed by atoms with van der Waals surface area (Å²) in [4.78, 5) is 14.0. The van der Waals surface area contributed by atoms with Gasteiger partial charge in [-0.1, -0.05) is 49.0 Å². The van der Waals surface area contributed by atoms with E-state index in [0.29, 0.717) is 24.1 Å². The van der Waals surface area contributed by atoms with Crippen molar-refractivity contribution >= 4 is 17.7 Å². The predicted molar refractivity (Wildman–Crippen MR) is 79.7 cm³/mol. The lowest BCUT2D eigenvalue weighted by atomic mass is 10.2. The Morgan fingerprint density at radius 2 is 2.14 bits per heavy atom. The molecule has 0 radical (unpaired) electrons. The van der Waals surface area contributed by atoms with Crippen LogP contribution in [0, 0.1) is 0 Å². The number of rotatable bonds is 5. The van der Waals surface area contributed by atoms with Crippen LogP contribution in [0.25, 0.3) is 0 Å². The molecule has 1 aromatic carbocycles. The molecule has 110 valence electrons. The Kier molecular flexibility index (Phi) is 4.24. The summed E-state index contributed by atoms with van der Waals surface area (Å²) < 4.78 is 5.67. The molecule has 1 fully saturated rings. The number of hydrogen-bond donors (Lipinski definition) is 0. The lowest BCUT2D eigenvalue weighted by molar-refractivity contribution is -0.129. The van der Waals surface area contributed by atoms with E-state index in [1.54, 1.807) is 0 Å². The van der Waals surface area contributed by atoms with Crippen LogP contribution in [0.2, 0.25) is 0 Å². The molecule has 2 aromatic rings. The molecule has 21 heavy (non-hydrogen) atoms. The molecular weight excluding hydrogens is 286 g/mol. The minimum absolute atomic E-state index is 0.101. The SMILES string of the molecule is CCSc1nnc([C@H]2CCC(=O)N2Cc2ccccc2)o1. The summed E-state index contributed by atoms with van der Waals surface area (Å²) in [6.45, 7) is 2.62. The molecule has 3 rings (SSSR count). The zero-order chi connectivity index (χ0) is 14.7. The highest BCUT2D eigenvalue weighted by atomic mass is 32.2. The van der Waals surface area contributed by atoms with Crippen LogP contribution in [0.15, 0.2) is 40.0 Å². The van der Waals surface area contributed by atoms with E-state index < -0.39 is 0 Å². The molecule has 1 aliphatic rings. The van der Waals surface area contributed by atoms with Gasteiger partial charge in [-0.15, -0.1) is 10.2 Å². The smallest absolute Gasteiger partial charge is 0.276 e. The molecule has 1 atom stereocenters. The fourth-order valence-corrected chi connectivity index (χ4v) is 3.00. The first-order valence-corrected chi connectivity index (χ1v) is 8.06. The number of amides is 1. The van der Waals surface area contributed by atoms with Crippen LogP contribution >= 0.6 is 11.8 Å². The maximum atomic E-state index is 12.1. The van der Waals surface area contributed by atoms with E-state index in [0.717, 1.165) is 17.7 Å². The summed E-state index contributed by atoms with van der Waals surface area (Å²) in [6.07, 6.45) is 1.28. The first-order chi connectivity index (χ1) is 10.3. The second-order valence-corrected chi connectivity index (χ2v) is 6.12. The Hall–Kier alpha value is -1.82. The van der Waals surface area contributed by atoms with Crippen LogP contribution in [0.3, 0.4) is 0 Å². The maximum absolute atomic E-state index is 12.1. The maximum Gasteiger partial charge on any atom is 0.276 e. The average Bonchev–Trinajstić information content (AvgIpc) is 3.09. The average molecular weight is 303 g/mol. The summed E-state index contributed by atoms with van der Waals surface area (Å²) in [6, 6.07) is 9.88. The van der Waals surface area contributed by atoms with Gasteiger partial charge in [0.2, 0.25) is 11.8 Å². The van der Waals surface area contributed by atoms with Crippen molar-refractivity contribution in [2.45, 2.75) is 37.6 Å². The Bertz CT molecular complexity index is 614. The number of hydrogen-bond acceptors (Lipinski definition) is 5. The molecule has 0 bridgehead atoms. The van der Waals surface area contributed by atoms with E-state index >= 15 is 0 Å². The molecule has 0 unspecified atom stereocenters. The molecule has 1 aliphatic heterocycles. The van der Waals surface area contributed by atoms with Gasteiger partial charge in [-0.05, 0) is 17.7 Å². The highest BCUT2D eigenvalue weighted by molar-refractivity contribution is 7.99. The van der Waals surface area contributed by atoms with Crippen LogP contribution in [0.1, 0.15) is 37.3 Å². The van der Waals surface area contributed by atoms with Gasteiger partial charge in [0.15, 0.2) is 0 Å². The van der Waals surface area contributed by atoms with E-state index in [1.807, 2.05) is 42.2 Å². The Morgan fingerprint density at radius 3 is 2.90 bits per heavy atom.